The Balaban J connectivity index is 0.000000315. The molecule has 0 saturated heterocycles. The quantitative estimate of drug-likeness (QED) is 0.593. The Kier molecular flexibility index (Phi) is 8.21. The van der Waals surface area contributed by atoms with E-state index in [-0.39, 0.29) is 12.0 Å². The first-order valence-corrected chi connectivity index (χ1v) is 5.37. The summed E-state index contributed by atoms with van der Waals surface area (Å²) in [5.74, 6) is -1.77. The molecule has 0 unspecified atom stereocenters. The predicted molar refractivity (Wildman–Crippen MR) is 60.8 cm³/mol. The number of carbonyl (C=O) groups is 2. The van der Waals surface area contributed by atoms with Crippen molar-refractivity contribution >= 4 is 11.9 Å². The van der Waals surface area contributed by atoms with Crippen LogP contribution >= 0.6 is 0 Å². The minimum absolute atomic E-state index is 0.160. The van der Waals surface area contributed by atoms with Gasteiger partial charge >= 0.3 is 11.9 Å². The second kappa shape index (κ2) is 8.95. The van der Waals surface area contributed by atoms with Crippen LogP contribution in [-0.2, 0) is 14.3 Å². The molecule has 1 saturated carbocycles. The largest absolute Gasteiger partial charge is 0.478 e. The highest BCUT2D eigenvalue weighted by molar-refractivity contribution is 5.91. The first-order valence-electron chi connectivity index (χ1n) is 5.37. The summed E-state index contributed by atoms with van der Waals surface area (Å²) >= 11 is 0. The molecule has 0 bridgehead atoms. The molecule has 4 nitrogen and oxygen atoms in total. The predicted octanol–water partition coefficient (Wildman–Crippen LogP) is 2.35. The van der Waals surface area contributed by atoms with Gasteiger partial charge in [-0.25, -0.2) is 4.79 Å². The third kappa shape index (κ3) is 8.03. The number of carbonyl (C=O) groups excluding carboxylic acids is 1. The minimum Gasteiger partial charge on any atom is -0.478 e. The molecule has 0 aromatic rings. The van der Waals surface area contributed by atoms with Crippen molar-refractivity contribution in [1.29, 1.82) is 0 Å². The molecular weight excluding hydrogens is 208 g/mol. The van der Waals surface area contributed by atoms with Crippen LogP contribution in [0.5, 0.6) is 0 Å². The van der Waals surface area contributed by atoms with Gasteiger partial charge < -0.3 is 9.84 Å². The lowest BCUT2D eigenvalue weighted by Gasteiger charge is -2.05. The number of hydrogen-bond donors (Lipinski definition) is 1. The Labute approximate surface area is 96.3 Å². The van der Waals surface area contributed by atoms with Crippen LogP contribution < -0.4 is 0 Å². The van der Waals surface area contributed by atoms with E-state index in [1.54, 1.807) is 0 Å². The molecule has 0 atom stereocenters. The normalized spacial score (nSPS) is 14.3. The molecule has 0 amide bonds. The van der Waals surface area contributed by atoms with E-state index in [0.29, 0.717) is 0 Å². The fourth-order valence-corrected chi connectivity index (χ4v) is 1.22. The van der Waals surface area contributed by atoms with Crippen LogP contribution in [0.15, 0.2) is 12.2 Å². The molecule has 0 aromatic carbocycles. The lowest BCUT2D eigenvalue weighted by Crippen LogP contribution is -2.07. The number of esters is 1. The van der Waals surface area contributed by atoms with Crippen molar-refractivity contribution in [2.24, 2.45) is 0 Å². The fourth-order valence-electron chi connectivity index (χ4n) is 1.22. The molecule has 0 aromatic heterocycles. The molecule has 1 fully saturated rings. The molecule has 1 rings (SSSR count). The molecule has 16 heavy (non-hydrogen) atoms. The van der Waals surface area contributed by atoms with E-state index in [2.05, 4.69) is 17.7 Å². The molecule has 0 spiro atoms. The van der Waals surface area contributed by atoms with Gasteiger partial charge in [-0.2, -0.15) is 0 Å². The van der Waals surface area contributed by atoms with Crippen molar-refractivity contribution in [2.45, 2.75) is 38.5 Å². The van der Waals surface area contributed by atoms with E-state index < -0.39 is 11.9 Å². The van der Waals surface area contributed by atoms with Gasteiger partial charge in [-0.05, 0) is 6.42 Å². The van der Waals surface area contributed by atoms with Gasteiger partial charge in [-0.15, -0.1) is 0 Å². The van der Waals surface area contributed by atoms with Crippen LogP contribution in [0.4, 0.5) is 0 Å². The van der Waals surface area contributed by atoms with Crippen LogP contribution in [0, 0.1) is 6.42 Å². The third-order valence-corrected chi connectivity index (χ3v) is 2.20. The van der Waals surface area contributed by atoms with Crippen molar-refractivity contribution in [3.63, 3.8) is 0 Å². The van der Waals surface area contributed by atoms with Gasteiger partial charge in [0.2, 0.25) is 0 Å². The standard InChI is InChI=1S/C6H8O4.C6H11/c1-4(6(8)9)3-5(7)10-2;1-2-4-6-5-3-1/h1,3H2,2H3,(H,8,9);1H,2-6H2. The second-order valence-corrected chi connectivity index (χ2v) is 3.59. The van der Waals surface area contributed by atoms with Crippen molar-refractivity contribution in [3.05, 3.63) is 18.6 Å². The molecule has 1 aliphatic rings. The lowest BCUT2D eigenvalue weighted by atomic mass is 10.0. The van der Waals surface area contributed by atoms with E-state index in [1.165, 1.54) is 39.2 Å². The Morgan fingerprint density at radius 1 is 1.31 bits per heavy atom. The maximum absolute atomic E-state index is 10.4. The number of carboxylic acids is 1. The highest BCUT2D eigenvalue weighted by Crippen LogP contribution is 2.14. The summed E-state index contributed by atoms with van der Waals surface area (Å²) in [6.07, 6.45) is 9.24. The summed E-state index contributed by atoms with van der Waals surface area (Å²) in [5, 5.41) is 8.22. The van der Waals surface area contributed by atoms with Crippen molar-refractivity contribution in [1.82, 2.24) is 0 Å². The highest BCUT2D eigenvalue weighted by atomic mass is 16.5. The lowest BCUT2D eigenvalue weighted by molar-refractivity contribution is -0.142. The van der Waals surface area contributed by atoms with Gasteiger partial charge in [0.25, 0.3) is 0 Å². The molecule has 4 heteroatoms. The van der Waals surface area contributed by atoms with E-state index in [1.807, 2.05) is 0 Å². The van der Waals surface area contributed by atoms with Crippen LogP contribution in [-0.4, -0.2) is 24.2 Å². The smallest absolute Gasteiger partial charge is 0.331 e. The zero-order valence-corrected chi connectivity index (χ0v) is 9.70. The maximum atomic E-state index is 10.4. The van der Waals surface area contributed by atoms with Gasteiger partial charge in [0.15, 0.2) is 0 Å². The van der Waals surface area contributed by atoms with Gasteiger partial charge in [0, 0.05) is 5.57 Å². The summed E-state index contributed by atoms with van der Waals surface area (Å²) in [4.78, 5) is 20.4. The number of carboxylic acid groups (broad SMARTS) is 1. The van der Waals surface area contributed by atoms with E-state index in [9.17, 15) is 9.59 Å². The third-order valence-electron chi connectivity index (χ3n) is 2.20. The van der Waals surface area contributed by atoms with E-state index in [4.69, 9.17) is 5.11 Å². The Morgan fingerprint density at radius 3 is 2.12 bits per heavy atom. The zero-order valence-electron chi connectivity index (χ0n) is 9.70. The first-order chi connectivity index (χ1) is 7.57. The van der Waals surface area contributed by atoms with Gasteiger partial charge in [-0.1, -0.05) is 38.7 Å². The average molecular weight is 227 g/mol. The molecule has 1 aliphatic carbocycles. The SMILES string of the molecule is C=C(CC(=O)OC)C(=O)O.[CH]1CCCCC1. The molecule has 91 valence electrons. The van der Waals surface area contributed by atoms with Gasteiger partial charge in [0.05, 0.1) is 13.5 Å². The van der Waals surface area contributed by atoms with Crippen LogP contribution in [0.2, 0.25) is 0 Å². The summed E-state index contributed by atoms with van der Waals surface area (Å²) in [6.45, 7) is 3.14. The van der Waals surface area contributed by atoms with Crippen LogP contribution in [0.3, 0.4) is 0 Å². The number of rotatable bonds is 3. The maximum Gasteiger partial charge on any atom is 0.331 e. The molecular formula is C12H19O4. The van der Waals surface area contributed by atoms with Gasteiger partial charge in [0.1, 0.15) is 0 Å². The Bertz CT molecular complexity index is 230. The summed E-state index contributed by atoms with van der Waals surface area (Å²) in [7, 11) is 1.19. The minimum atomic E-state index is -1.18. The topological polar surface area (TPSA) is 63.6 Å². The molecule has 1 radical (unpaired) electrons. The van der Waals surface area contributed by atoms with E-state index in [0.717, 1.165) is 0 Å². The average Bonchev–Trinajstić information content (AvgIpc) is 2.31. The monoisotopic (exact) mass is 227 g/mol. The van der Waals surface area contributed by atoms with Crippen molar-refractivity contribution in [3.8, 4) is 0 Å². The molecule has 0 heterocycles. The highest BCUT2D eigenvalue weighted by Gasteiger charge is 2.09. The van der Waals surface area contributed by atoms with Gasteiger partial charge in [-0.3, -0.25) is 4.79 Å². The fraction of sp³-hybridized carbons (Fsp3) is 0.583. The number of ether oxygens (including phenoxy) is 1. The van der Waals surface area contributed by atoms with Crippen molar-refractivity contribution in [2.75, 3.05) is 7.11 Å². The summed E-state index contributed by atoms with van der Waals surface area (Å²) in [6, 6.07) is 0. The molecule has 1 N–H and O–H groups in total. The number of aliphatic carboxylic acids is 1. The zero-order chi connectivity index (χ0) is 12.4. The van der Waals surface area contributed by atoms with Crippen molar-refractivity contribution < 1.29 is 19.4 Å². The Morgan fingerprint density at radius 2 is 1.88 bits per heavy atom. The summed E-state index contributed by atoms with van der Waals surface area (Å²) in [5.41, 5.74) is -0.160. The number of methoxy groups -OCH3 is 1. The molecule has 0 aliphatic heterocycles. The van der Waals surface area contributed by atoms with E-state index >= 15 is 0 Å². The number of hydrogen-bond acceptors (Lipinski definition) is 3. The first kappa shape index (κ1) is 14.7. The van der Waals surface area contributed by atoms with Crippen LogP contribution in [0.1, 0.15) is 38.5 Å². The Hall–Kier alpha value is -1.32. The van der Waals surface area contributed by atoms with Crippen LogP contribution in [0.25, 0.3) is 0 Å². The summed E-state index contributed by atoms with van der Waals surface area (Å²) < 4.78 is 4.21. The second-order valence-electron chi connectivity index (χ2n) is 3.59.